The van der Waals surface area contributed by atoms with Crippen LogP contribution in [0.1, 0.15) is 23.0 Å². The summed E-state index contributed by atoms with van der Waals surface area (Å²) in [6.07, 6.45) is 2.53. The molecule has 10 heteroatoms. The van der Waals surface area contributed by atoms with Crippen LogP contribution >= 0.6 is 11.6 Å². The topological polar surface area (TPSA) is 80.1 Å². The first-order valence-electron chi connectivity index (χ1n) is 9.48. The van der Waals surface area contributed by atoms with Crippen LogP contribution in [0.4, 0.5) is 8.78 Å². The zero-order chi connectivity index (χ0) is 22.2. The molecule has 1 fully saturated rings. The molecule has 31 heavy (non-hydrogen) atoms. The lowest BCUT2D eigenvalue weighted by Crippen LogP contribution is -2.50. The molecule has 160 valence electrons. The summed E-state index contributed by atoms with van der Waals surface area (Å²) in [7, 11) is 0. The third kappa shape index (κ3) is 4.41. The van der Waals surface area contributed by atoms with E-state index in [1.165, 1.54) is 27.9 Å². The van der Waals surface area contributed by atoms with E-state index >= 15 is 0 Å². The van der Waals surface area contributed by atoms with Gasteiger partial charge in [0.05, 0.1) is 17.9 Å². The Morgan fingerprint density at radius 2 is 2.03 bits per heavy atom. The Bertz CT molecular complexity index is 1160. The maximum atomic E-state index is 13.9. The number of rotatable bonds is 4. The van der Waals surface area contributed by atoms with Crippen LogP contribution in [0.25, 0.3) is 16.9 Å². The lowest BCUT2D eigenvalue weighted by molar-refractivity contribution is -0.123. The average Bonchev–Trinajstić information content (AvgIpc) is 3.18. The molecule has 1 N–H and O–H groups in total. The van der Waals surface area contributed by atoms with Crippen molar-refractivity contribution >= 4 is 23.4 Å². The van der Waals surface area contributed by atoms with E-state index in [1.54, 1.807) is 24.3 Å². The zero-order valence-electron chi connectivity index (χ0n) is 16.5. The van der Waals surface area contributed by atoms with Crippen LogP contribution in [-0.4, -0.2) is 51.1 Å². The molecule has 0 saturated carbocycles. The van der Waals surface area contributed by atoms with Gasteiger partial charge in [-0.25, -0.2) is 13.5 Å². The molecule has 7 nitrogen and oxygen atoms in total. The molecule has 1 aromatic carbocycles. The van der Waals surface area contributed by atoms with Crippen LogP contribution in [0, 0.1) is 0 Å². The Labute approximate surface area is 181 Å². The van der Waals surface area contributed by atoms with Gasteiger partial charge in [0.1, 0.15) is 0 Å². The number of aromatic nitrogens is 3. The Hall–Kier alpha value is -3.33. The molecular weight excluding hydrogens is 428 g/mol. The predicted molar refractivity (Wildman–Crippen MR) is 110 cm³/mol. The normalized spacial score (nSPS) is 14.5. The van der Waals surface area contributed by atoms with Gasteiger partial charge in [0.15, 0.2) is 5.69 Å². The van der Waals surface area contributed by atoms with Crippen LogP contribution in [0.15, 0.2) is 48.8 Å². The van der Waals surface area contributed by atoms with E-state index in [-0.39, 0.29) is 23.7 Å². The van der Waals surface area contributed by atoms with Gasteiger partial charge in [-0.05, 0) is 30.3 Å². The predicted octanol–water partition coefficient (Wildman–Crippen LogP) is 3.27. The monoisotopic (exact) mass is 445 g/mol. The van der Waals surface area contributed by atoms with Crippen molar-refractivity contribution in [2.45, 2.75) is 12.8 Å². The molecule has 0 unspecified atom stereocenters. The van der Waals surface area contributed by atoms with Gasteiger partial charge < -0.3 is 10.2 Å². The van der Waals surface area contributed by atoms with E-state index in [4.69, 9.17) is 11.6 Å². The van der Waals surface area contributed by atoms with Crippen molar-refractivity contribution in [3.05, 3.63) is 65.1 Å². The van der Waals surface area contributed by atoms with Gasteiger partial charge in [0.2, 0.25) is 5.91 Å². The smallest absolute Gasteiger partial charge is 0.274 e. The van der Waals surface area contributed by atoms with Crippen molar-refractivity contribution in [2.75, 3.05) is 19.6 Å². The van der Waals surface area contributed by atoms with E-state index < -0.39 is 11.8 Å². The number of benzene rings is 1. The summed E-state index contributed by atoms with van der Waals surface area (Å²) < 4.78 is 29.2. The molecule has 0 radical (unpaired) electrons. The highest BCUT2D eigenvalue weighted by molar-refractivity contribution is 6.30. The molecular formula is C21H18ClF2N5O2. The number of hydrogen-bond donors (Lipinski definition) is 1. The first-order valence-corrected chi connectivity index (χ1v) is 9.86. The van der Waals surface area contributed by atoms with Gasteiger partial charge in [-0.1, -0.05) is 17.7 Å². The molecule has 2 amide bonds. The zero-order valence-corrected chi connectivity index (χ0v) is 17.2. The van der Waals surface area contributed by atoms with E-state index in [2.05, 4.69) is 15.4 Å². The molecule has 1 aliphatic rings. The largest absolute Gasteiger partial charge is 0.353 e. The lowest BCUT2D eigenvalue weighted by atomic mass is 10.1. The second-order valence-electron chi connectivity index (χ2n) is 7.23. The molecule has 1 aliphatic heterocycles. The SMILES string of the molecule is CC(F)(F)c1cncc(-c2cc(C(=O)N3CCNC(=O)C3)nn2-c2cccc(Cl)c2)c1. The number of carbonyl (C=O) groups excluding carboxylic acids is 2. The first kappa shape index (κ1) is 20.9. The minimum Gasteiger partial charge on any atom is -0.353 e. The summed E-state index contributed by atoms with van der Waals surface area (Å²) in [6, 6.07) is 9.60. The molecule has 4 rings (SSSR count). The molecule has 3 aromatic rings. The van der Waals surface area contributed by atoms with Crippen LogP contribution < -0.4 is 5.32 Å². The maximum absolute atomic E-state index is 13.9. The van der Waals surface area contributed by atoms with Crippen LogP contribution in [0.2, 0.25) is 5.02 Å². The fourth-order valence-electron chi connectivity index (χ4n) is 3.29. The number of halogens is 3. The Morgan fingerprint density at radius 1 is 1.23 bits per heavy atom. The highest BCUT2D eigenvalue weighted by Crippen LogP contribution is 2.31. The minimum absolute atomic E-state index is 0.0721. The Balaban J connectivity index is 1.82. The van der Waals surface area contributed by atoms with Crippen LogP contribution in [0.5, 0.6) is 0 Å². The number of amides is 2. The van der Waals surface area contributed by atoms with Crippen molar-refractivity contribution in [1.29, 1.82) is 0 Å². The van der Waals surface area contributed by atoms with Crippen LogP contribution in [-0.2, 0) is 10.7 Å². The molecule has 1 saturated heterocycles. The second-order valence-corrected chi connectivity index (χ2v) is 7.67. The van der Waals surface area contributed by atoms with Gasteiger partial charge in [-0.15, -0.1) is 0 Å². The van der Waals surface area contributed by atoms with Crippen molar-refractivity contribution < 1.29 is 18.4 Å². The second kappa shape index (κ2) is 8.07. The van der Waals surface area contributed by atoms with E-state index in [9.17, 15) is 18.4 Å². The Kier molecular flexibility index (Phi) is 5.45. The number of pyridine rings is 1. The quantitative estimate of drug-likeness (QED) is 0.668. The summed E-state index contributed by atoms with van der Waals surface area (Å²) in [5.74, 6) is -3.76. The maximum Gasteiger partial charge on any atom is 0.274 e. The number of alkyl halides is 2. The fraction of sp³-hybridized carbons (Fsp3) is 0.238. The van der Waals surface area contributed by atoms with Crippen LogP contribution in [0.3, 0.4) is 0 Å². The summed E-state index contributed by atoms with van der Waals surface area (Å²) >= 11 is 6.11. The summed E-state index contributed by atoms with van der Waals surface area (Å²) in [5, 5.41) is 7.52. The number of nitrogens with zero attached hydrogens (tertiary/aromatic N) is 4. The number of carbonyl (C=O) groups is 2. The van der Waals surface area contributed by atoms with E-state index in [0.717, 1.165) is 13.1 Å². The van der Waals surface area contributed by atoms with Crippen molar-refractivity contribution in [3.63, 3.8) is 0 Å². The highest BCUT2D eigenvalue weighted by atomic mass is 35.5. The molecule has 0 atom stereocenters. The molecule has 0 bridgehead atoms. The standard InChI is InChI=1S/C21H18ClF2N5O2/c1-21(23,24)14-7-13(10-25-11-14)18-9-17(20(31)28-6-5-26-19(30)12-28)27-29(18)16-4-2-3-15(22)8-16/h2-4,7-11H,5-6,12H2,1H3,(H,26,30). The molecule has 2 aromatic heterocycles. The highest BCUT2D eigenvalue weighted by Gasteiger charge is 2.28. The van der Waals surface area contributed by atoms with Crippen molar-refractivity contribution in [3.8, 4) is 16.9 Å². The van der Waals surface area contributed by atoms with Crippen molar-refractivity contribution in [1.82, 2.24) is 25.0 Å². The number of hydrogen-bond acceptors (Lipinski definition) is 4. The minimum atomic E-state index is -3.08. The third-order valence-electron chi connectivity index (χ3n) is 4.85. The molecule has 3 heterocycles. The lowest BCUT2D eigenvalue weighted by Gasteiger charge is -2.25. The first-order chi connectivity index (χ1) is 14.7. The number of piperazine rings is 1. The van der Waals surface area contributed by atoms with E-state index in [0.29, 0.717) is 35.1 Å². The summed E-state index contributed by atoms with van der Waals surface area (Å²) in [4.78, 5) is 30.0. The fourth-order valence-corrected chi connectivity index (χ4v) is 3.47. The number of nitrogens with one attached hydrogen (secondary N) is 1. The van der Waals surface area contributed by atoms with Gasteiger partial charge in [0, 0.05) is 48.6 Å². The third-order valence-corrected chi connectivity index (χ3v) is 5.08. The summed E-state index contributed by atoms with van der Waals surface area (Å²) in [6.45, 7) is 1.42. The van der Waals surface area contributed by atoms with Gasteiger partial charge in [-0.2, -0.15) is 5.10 Å². The summed E-state index contributed by atoms with van der Waals surface area (Å²) in [5.41, 5.74) is 1.13. The average molecular weight is 446 g/mol. The van der Waals surface area contributed by atoms with Crippen molar-refractivity contribution in [2.24, 2.45) is 0 Å². The van der Waals surface area contributed by atoms with E-state index in [1.807, 2.05) is 0 Å². The Morgan fingerprint density at radius 3 is 2.74 bits per heavy atom. The molecule has 0 spiro atoms. The molecule has 0 aliphatic carbocycles. The van der Waals surface area contributed by atoms with Gasteiger partial charge in [-0.3, -0.25) is 14.6 Å². The van der Waals surface area contributed by atoms with Gasteiger partial charge in [0.25, 0.3) is 11.8 Å². The van der Waals surface area contributed by atoms with Gasteiger partial charge >= 0.3 is 0 Å².